The van der Waals surface area contributed by atoms with Crippen LogP contribution in [-0.4, -0.2) is 59.2 Å². The average Bonchev–Trinajstić information content (AvgIpc) is 2.80. The monoisotopic (exact) mass is 389 g/mol. The maximum atomic E-state index is 5.54. The SMILES string of the molecule is c1ccc(-c2nc(N3CCOCC3)c3ncc(CN4CCCCC4)cc3n2)cc1. The van der Waals surface area contributed by atoms with Gasteiger partial charge in [0.05, 0.1) is 18.7 Å². The molecule has 0 radical (unpaired) electrons. The number of ether oxygens (including phenoxy) is 1. The second-order valence-corrected chi connectivity index (χ2v) is 7.88. The van der Waals surface area contributed by atoms with Crippen molar-refractivity contribution in [3.8, 4) is 11.4 Å². The Hall–Kier alpha value is -2.57. The van der Waals surface area contributed by atoms with Gasteiger partial charge in [-0.2, -0.15) is 0 Å². The van der Waals surface area contributed by atoms with Gasteiger partial charge in [0.1, 0.15) is 5.52 Å². The minimum atomic E-state index is 0.721. The number of nitrogens with zero attached hydrogens (tertiary/aromatic N) is 5. The Morgan fingerprint density at radius 1 is 0.897 bits per heavy atom. The summed E-state index contributed by atoms with van der Waals surface area (Å²) in [6, 6.07) is 12.4. The average molecular weight is 390 g/mol. The molecule has 6 nitrogen and oxygen atoms in total. The number of hydrogen-bond acceptors (Lipinski definition) is 6. The smallest absolute Gasteiger partial charge is 0.162 e. The number of piperidine rings is 1. The first-order valence-corrected chi connectivity index (χ1v) is 10.6. The summed E-state index contributed by atoms with van der Waals surface area (Å²) < 4.78 is 5.54. The summed E-state index contributed by atoms with van der Waals surface area (Å²) in [7, 11) is 0. The third-order valence-electron chi connectivity index (χ3n) is 5.77. The van der Waals surface area contributed by atoms with Crippen LogP contribution in [0.2, 0.25) is 0 Å². The summed E-state index contributed by atoms with van der Waals surface area (Å²) in [5.41, 5.74) is 4.07. The van der Waals surface area contributed by atoms with Crippen LogP contribution in [0.15, 0.2) is 42.6 Å². The van der Waals surface area contributed by atoms with Gasteiger partial charge in [0.25, 0.3) is 0 Å². The fourth-order valence-electron chi connectivity index (χ4n) is 4.22. The molecular formula is C23H27N5O. The third kappa shape index (κ3) is 4.09. The van der Waals surface area contributed by atoms with Crippen LogP contribution in [0.25, 0.3) is 22.4 Å². The molecule has 4 heterocycles. The highest BCUT2D eigenvalue weighted by Crippen LogP contribution is 2.27. The van der Waals surface area contributed by atoms with E-state index < -0.39 is 0 Å². The van der Waals surface area contributed by atoms with Crippen LogP contribution in [0, 0.1) is 0 Å². The minimum absolute atomic E-state index is 0.721. The van der Waals surface area contributed by atoms with E-state index in [0.717, 1.165) is 61.1 Å². The zero-order valence-electron chi connectivity index (χ0n) is 16.8. The molecule has 2 aliphatic rings. The standard InChI is InChI=1S/C23H27N5O/c1-3-7-19(8-4-1)22-25-20-15-18(17-27-9-5-2-6-10-27)16-24-21(20)23(26-22)28-11-13-29-14-12-28/h1,3-4,7-8,15-16H,2,5-6,9-14,17H2. The summed E-state index contributed by atoms with van der Waals surface area (Å²) >= 11 is 0. The normalized spacial score (nSPS) is 18.3. The number of hydrogen-bond donors (Lipinski definition) is 0. The first-order valence-electron chi connectivity index (χ1n) is 10.6. The van der Waals surface area contributed by atoms with Crippen molar-refractivity contribution >= 4 is 16.9 Å². The van der Waals surface area contributed by atoms with Crippen molar-refractivity contribution in [3.63, 3.8) is 0 Å². The molecule has 150 valence electrons. The molecule has 0 bridgehead atoms. The first-order chi connectivity index (χ1) is 14.4. The van der Waals surface area contributed by atoms with Gasteiger partial charge in [-0.15, -0.1) is 0 Å². The molecule has 0 amide bonds. The molecule has 0 atom stereocenters. The maximum Gasteiger partial charge on any atom is 0.162 e. The Kier molecular flexibility index (Phi) is 5.37. The van der Waals surface area contributed by atoms with E-state index in [9.17, 15) is 0 Å². The number of fused-ring (bicyclic) bond motifs is 1. The molecule has 3 aromatic rings. The van der Waals surface area contributed by atoms with Crippen molar-refractivity contribution in [2.75, 3.05) is 44.3 Å². The van der Waals surface area contributed by atoms with Gasteiger partial charge >= 0.3 is 0 Å². The molecule has 0 saturated carbocycles. The van der Waals surface area contributed by atoms with E-state index in [4.69, 9.17) is 19.7 Å². The molecule has 2 aliphatic heterocycles. The number of anilines is 1. The highest BCUT2D eigenvalue weighted by Gasteiger charge is 2.20. The first kappa shape index (κ1) is 18.5. The van der Waals surface area contributed by atoms with E-state index in [1.54, 1.807) is 0 Å². The minimum Gasteiger partial charge on any atom is -0.378 e. The van der Waals surface area contributed by atoms with Crippen molar-refractivity contribution in [1.29, 1.82) is 0 Å². The molecule has 2 aromatic heterocycles. The zero-order chi connectivity index (χ0) is 19.5. The number of benzene rings is 1. The number of likely N-dealkylation sites (tertiary alicyclic amines) is 1. The molecule has 0 unspecified atom stereocenters. The van der Waals surface area contributed by atoms with Gasteiger partial charge in [0, 0.05) is 31.4 Å². The number of rotatable bonds is 4. The van der Waals surface area contributed by atoms with E-state index in [1.807, 2.05) is 24.4 Å². The van der Waals surface area contributed by atoms with Crippen molar-refractivity contribution in [2.24, 2.45) is 0 Å². The molecule has 0 spiro atoms. The van der Waals surface area contributed by atoms with Crippen LogP contribution in [0.4, 0.5) is 5.82 Å². The maximum absolute atomic E-state index is 5.54. The molecule has 0 N–H and O–H groups in total. The zero-order valence-corrected chi connectivity index (χ0v) is 16.8. The lowest BCUT2D eigenvalue weighted by Crippen LogP contribution is -2.37. The molecule has 0 aliphatic carbocycles. The lowest BCUT2D eigenvalue weighted by molar-refractivity contribution is 0.122. The van der Waals surface area contributed by atoms with E-state index >= 15 is 0 Å². The van der Waals surface area contributed by atoms with Crippen LogP contribution in [0.3, 0.4) is 0 Å². The second kappa shape index (κ2) is 8.43. The molecule has 2 saturated heterocycles. The van der Waals surface area contributed by atoms with E-state index in [0.29, 0.717) is 0 Å². The Morgan fingerprint density at radius 3 is 2.48 bits per heavy atom. The van der Waals surface area contributed by atoms with Crippen LogP contribution in [0.1, 0.15) is 24.8 Å². The van der Waals surface area contributed by atoms with Crippen molar-refractivity contribution < 1.29 is 4.74 Å². The molecular weight excluding hydrogens is 362 g/mol. The van der Waals surface area contributed by atoms with E-state index in [2.05, 4.69) is 28.0 Å². The molecule has 6 heteroatoms. The van der Waals surface area contributed by atoms with Crippen LogP contribution < -0.4 is 4.90 Å². The number of aromatic nitrogens is 3. The third-order valence-corrected chi connectivity index (χ3v) is 5.77. The second-order valence-electron chi connectivity index (χ2n) is 7.88. The molecule has 1 aromatic carbocycles. The van der Waals surface area contributed by atoms with Gasteiger partial charge in [-0.3, -0.25) is 9.88 Å². The van der Waals surface area contributed by atoms with Gasteiger partial charge in [0.15, 0.2) is 11.6 Å². The van der Waals surface area contributed by atoms with E-state index in [-0.39, 0.29) is 0 Å². The summed E-state index contributed by atoms with van der Waals surface area (Å²) in [5, 5.41) is 0. The van der Waals surface area contributed by atoms with Crippen molar-refractivity contribution in [1.82, 2.24) is 19.9 Å². The summed E-state index contributed by atoms with van der Waals surface area (Å²) in [4.78, 5) is 19.5. The summed E-state index contributed by atoms with van der Waals surface area (Å²) in [5.74, 6) is 1.68. The number of pyridine rings is 1. The summed E-state index contributed by atoms with van der Waals surface area (Å²) in [6.07, 6.45) is 5.94. The van der Waals surface area contributed by atoms with Gasteiger partial charge in [-0.1, -0.05) is 36.8 Å². The lowest BCUT2D eigenvalue weighted by atomic mass is 10.1. The van der Waals surface area contributed by atoms with Gasteiger partial charge in [-0.05, 0) is 37.6 Å². The van der Waals surface area contributed by atoms with Crippen molar-refractivity contribution in [3.05, 3.63) is 48.2 Å². The van der Waals surface area contributed by atoms with Gasteiger partial charge < -0.3 is 9.64 Å². The molecule has 2 fully saturated rings. The largest absolute Gasteiger partial charge is 0.378 e. The Bertz CT molecular complexity index is 966. The van der Waals surface area contributed by atoms with E-state index in [1.165, 1.54) is 37.9 Å². The molecule has 29 heavy (non-hydrogen) atoms. The predicted octanol–water partition coefficient (Wildman–Crippen LogP) is 3.51. The topological polar surface area (TPSA) is 54.4 Å². The Labute approximate surface area is 171 Å². The van der Waals surface area contributed by atoms with Gasteiger partial charge in [-0.25, -0.2) is 9.97 Å². The van der Waals surface area contributed by atoms with Crippen LogP contribution in [-0.2, 0) is 11.3 Å². The highest BCUT2D eigenvalue weighted by atomic mass is 16.5. The fourth-order valence-corrected chi connectivity index (χ4v) is 4.22. The highest BCUT2D eigenvalue weighted by molar-refractivity contribution is 5.87. The predicted molar refractivity (Wildman–Crippen MR) is 115 cm³/mol. The van der Waals surface area contributed by atoms with Crippen LogP contribution >= 0.6 is 0 Å². The molecule has 5 rings (SSSR count). The Balaban J connectivity index is 1.56. The Morgan fingerprint density at radius 2 is 1.69 bits per heavy atom. The van der Waals surface area contributed by atoms with Gasteiger partial charge in [0.2, 0.25) is 0 Å². The lowest BCUT2D eigenvalue weighted by Gasteiger charge is -2.29. The van der Waals surface area contributed by atoms with Crippen molar-refractivity contribution in [2.45, 2.75) is 25.8 Å². The quantitative estimate of drug-likeness (QED) is 0.681. The van der Waals surface area contributed by atoms with Crippen LogP contribution in [0.5, 0.6) is 0 Å². The summed E-state index contributed by atoms with van der Waals surface area (Å²) in [6.45, 7) is 6.40. The fraction of sp³-hybridized carbons (Fsp3) is 0.435. The number of morpholine rings is 1.